The lowest BCUT2D eigenvalue weighted by molar-refractivity contribution is -0.132. The van der Waals surface area contributed by atoms with Crippen LogP contribution in [0.3, 0.4) is 0 Å². The molecule has 1 aliphatic rings. The van der Waals surface area contributed by atoms with E-state index in [9.17, 15) is 19.1 Å². The Labute approximate surface area is 192 Å². The number of nitrogens with zero attached hydrogens (tertiary/aromatic N) is 2. The first kappa shape index (κ1) is 22.3. The Bertz CT molecular complexity index is 1280. The van der Waals surface area contributed by atoms with Gasteiger partial charge in [0.25, 0.3) is 11.7 Å². The van der Waals surface area contributed by atoms with Gasteiger partial charge in [-0.05, 0) is 67.4 Å². The zero-order valence-electron chi connectivity index (χ0n) is 19.0. The number of hydrogen-bond acceptors (Lipinski definition) is 4. The van der Waals surface area contributed by atoms with Crippen molar-refractivity contribution in [3.63, 3.8) is 0 Å². The SMILES string of the molecule is Cc1cccc(C2/C(=C(/O)c3ccc(F)c(C)c3)C(=O)C(=O)N2c2ccc(N(C)C)cc2)c1. The number of benzene rings is 3. The molecule has 0 aliphatic carbocycles. The lowest BCUT2D eigenvalue weighted by atomic mass is 9.94. The Kier molecular flexibility index (Phi) is 5.77. The minimum atomic E-state index is -0.819. The highest BCUT2D eigenvalue weighted by molar-refractivity contribution is 6.51. The predicted octanol–water partition coefficient (Wildman–Crippen LogP) is 5.13. The summed E-state index contributed by atoms with van der Waals surface area (Å²) in [7, 11) is 3.83. The van der Waals surface area contributed by atoms with Gasteiger partial charge in [0.2, 0.25) is 0 Å². The molecule has 0 bridgehead atoms. The molecule has 1 unspecified atom stereocenters. The zero-order valence-corrected chi connectivity index (χ0v) is 19.0. The second kappa shape index (κ2) is 8.54. The molecule has 33 heavy (non-hydrogen) atoms. The van der Waals surface area contributed by atoms with Crippen molar-refractivity contribution in [2.75, 3.05) is 23.9 Å². The Balaban J connectivity index is 1.93. The highest BCUT2D eigenvalue weighted by Gasteiger charge is 2.47. The van der Waals surface area contributed by atoms with Gasteiger partial charge in [0.15, 0.2) is 0 Å². The van der Waals surface area contributed by atoms with Crippen LogP contribution < -0.4 is 9.80 Å². The van der Waals surface area contributed by atoms with Crippen LogP contribution in [0.2, 0.25) is 0 Å². The zero-order chi connectivity index (χ0) is 23.9. The van der Waals surface area contributed by atoms with Crippen molar-refractivity contribution < 1.29 is 19.1 Å². The minimum absolute atomic E-state index is 0.0201. The number of anilines is 2. The van der Waals surface area contributed by atoms with Gasteiger partial charge in [0, 0.05) is 31.0 Å². The van der Waals surface area contributed by atoms with Crippen molar-refractivity contribution in [2.45, 2.75) is 19.9 Å². The van der Waals surface area contributed by atoms with E-state index >= 15 is 0 Å². The summed E-state index contributed by atoms with van der Waals surface area (Å²) in [5, 5.41) is 11.2. The summed E-state index contributed by atoms with van der Waals surface area (Å²) >= 11 is 0. The Morgan fingerprint density at radius 2 is 1.67 bits per heavy atom. The highest BCUT2D eigenvalue weighted by atomic mass is 19.1. The van der Waals surface area contributed by atoms with Crippen LogP contribution in [-0.4, -0.2) is 30.9 Å². The molecule has 1 heterocycles. The number of aliphatic hydroxyl groups excluding tert-OH is 1. The summed E-state index contributed by atoms with van der Waals surface area (Å²) in [6, 6.07) is 18.1. The van der Waals surface area contributed by atoms with Crippen LogP contribution in [0.1, 0.15) is 28.3 Å². The smallest absolute Gasteiger partial charge is 0.300 e. The van der Waals surface area contributed by atoms with Crippen LogP contribution in [0.25, 0.3) is 5.76 Å². The first-order chi connectivity index (χ1) is 15.7. The average Bonchev–Trinajstić information content (AvgIpc) is 3.06. The van der Waals surface area contributed by atoms with E-state index < -0.39 is 23.5 Å². The van der Waals surface area contributed by atoms with Crippen LogP contribution in [0.15, 0.2) is 72.3 Å². The minimum Gasteiger partial charge on any atom is -0.507 e. The third kappa shape index (κ3) is 4.00. The molecular weight excluding hydrogens is 419 g/mol. The summed E-state index contributed by atoms with van der Waals surface area (Å²) in [5.41, 5.74) is 3.75. The third-order valence-corrected chi connectivity index (χ3v) is 5.88. The number of rotatable bonds is 4. The molecule has 3 aromatic carbocycles. The van der Waals surface area contributed by atoms with Gasteiger partial charge < -0.3 is 10.0 Å². The molecule has 5 nitrogen and oxygen atoms in total. The maximum Gasteiger partial charge on any atom is 0.300 e. The van der Waals surface area contributed by atoms with Crippen molar-refractivity contribution in [1.82, 2.24) is 0 Å². The van der Waals surface area contributed by atoms with Crippen molar-refractivity contribution >= 4 is 28.8 Å². The molecule has 0 spiro atoms. The molecule has 0 saturated carbocycles. The fraction of sp³-hybridized carbons (Fsp3) is 0.185. The predicted molar refractivity (Wildman–Crippen MR) is 128 cm³/mol. The van der Waals surface area contributed by atoms with Gasteiger partial charge in [-0.1, -0.05) is 29.8 Å². The average molecular weight is 445 g/mol. The van der Waals surface area contributed by atoms with Crippen LogP contribution in [0.5, 0.6) is 0 Å². The summed E-state index contributed by atoms with van der Waals surface area (Å²) in [6.07, 6.45) is 0. The van der Waals surface area contributed by atoms with Crippen molar-refractivity contribution in [2.24, 2.45) is 0 Å². The molecule has 1 fully saturated rings. The standard InChI is InChI=1S/C27H25FN2O3/c1-16-6-5-7-18(14-16)24-23(25(31)19-8-13-22(28)17(2)15-19)26(32)27(33)30(24)21-11-9-20(10-12-21)29(3)4/h5-15,24,31H,1-4H3/b25-23-. The van der Waals surface area contributed by atoms with E-state index in [1.54, 1.807) is 19.1 Å². The van der Waals surface area contributed by atoms with Gasteiger partial charge in [-0.2, -0.15) is 0 Å². The van der Waals surface area contributed by atoms with Crippen LogP contribution in [-0.2, 0) is 9.59 Å². The number of Topliss-reactive ketones (excluding diaryl/α,β-unsaturated/α-hetero) is 1. The lowest BCUT2D eigenvalue weighted by Crippen LogP contribution is -2.29. The molecule has 0 aromatic heterocycles. The van der Waals surface area contributed by atoms with E-state index in [0.717, 1.165) is 11.3 Å². The Hall–Kier alpha value is -3.93. The molecule has 0 radical (unpaired) electrons. The topological polar surface area (TPSA) is 60.9 Å². The van der Waals surface area contributed by atoms with Gasteiger partial charge in [-0.15, -0.1) is 0 Å². The maximum absolute atomic E-state index is 13.8. The van der Waals surface area contributed by atoms with Gasteiger partial charge in [-0.3, -0.25) is 14.5 Å². The molecule has 168 valence electrons. The highest BCUT2D eigenvalue weighted by Crippen LogP contribution is 2.42. The molecule has 3 aromatic rings. The molecule has 1 amide bonds. The summed E-state index contributed by atoms with van der Waals surface area (Å²) in [4.78, 5) is 29.8. The summed E-state index contributed by atoms with van der Waals surface area (Å²) in [5.74, 6) is -2.24. The first-order valence-electron chi connectivity index (χ1n) is 10.6. The van der Waals surface area contributed by atoms with E-state index in [1.165, 1.54) is 23.1 Å². The molecule has 1 N–H and O–H groups in total. The number of halogens is 1. The van der Waals surface area contributed by atoms with Gasteiger partial charge in [-0.25, -0.2) is 4.39 Å². The molecule has 1 saturated heterocycles. The number of aliphatic hydroxyl groups is 1. The molecule has 4 rings (SSSR count). The number of carbonyl (C=O) groups is 2. The lowest BCUT2D eigenvalue weighted by Gasteiger charge is -2.26. The van der Waals surface area contributed by atoms with E-state index in [4.69, 9.17) is 0 Å². The normalized spacial score (nSPS) is 17.5. The third-order valence-electron chi connectivity index (χ3n) is 5.88. The van der Waals surface area contributed by atoms with Gasteiger partial charge in [0.05, 0.1) is 11.6 Å². The van der Waals surface area contributed by atoms with E-state index in [1.807, 2.05) is 62.3 Å². The van der Waals surface area contributed by atoms with Crippen molar-refractivity contribution in [3.05, 3.63) is 100 Å². The molecule has 1 aliphatic heterocycles. The molecular formula is C27H25FN2O3. The monoisotopic (exact) mass is 444 g/mol. The molecule has 1 atom stereocenters. The quantitative estimate of drug-likeness (QED) is 0.344. The Morgan fingerprint density at radius 1 is 0.970 bits per heavy atom. The fourth-order valence-electron chi connectivity index (χ4n) is 4.11. The van der Waals surface area contributed by atoms with E-state index in [0.29, 0.717) is 16.8 Å². The first-order valence-corrected chi connectivity index (χ1v) is 10.6. The maximum atomic E-state index is 13.8. The van der Waals surface area contributed by atoms with Crippen LogP contribution in [0, 0.1) is 19.7 Å². The largest absolute Gasteiger partial charge is 0.507 e. The van der Waals surface area contributed by atoms with Crippen molar-refractivity contribution in [1.29, 1.82) is 0 Å². The van der Waals surface area contributed by atoms with Crippen LogP contribution in [0.4, 0.5) is 15.8 Å². The van der Waals surface area contributed by atoms with Gasteiger partial charge in [0.1, 0.15) is 11.6 Å². The number of carbonyl (C=O) groups excluding carboxylic acids is 2. The Morgan fingerprint density at radius 3 is 2.27 bits per heavy atom. The van der Waals surface area contributed by atoms with E-state index in [2.05, 4.69) is 0 Å². The number of aryl methyl sites for hydroxylation is 2. The van der Waals surface area contributed by atoms with Gasteiger partial charge >= 0.3 is 0 Å². The number of amides is 1. The molecule has 6 heteroatoms. The number of hydrogen-bond donors (Lipinski definition) is 1. The number of ketones is 1. The second-order valence-corrected chi connectivity index (χ2v) is 8.46. The van der Waals surface area contributed by atoms with Crippen LogP contribution >= 0.6 is 0 Å². The second-order valence-electron chi connectivity index (χ2n) is 8.46. The van der Waals surface area contributed by atoms with E-state index in [-0.39, 0.29) is 16.9 Å². The summed E-state index contributed by atoms with van der Waals surface area (Å²) in [6.45, 7) is 3.50. The van der Waals surface area contributed by atoms with Crippen molar-refractivity contribution in [3.8, 4) is 0 Å². The summed E-state index contributed by atoms with van der Waals surface area (Å²) < 4.78 is 13.8. The fourth-order valence-corrected chi connectivity index (χ4v) is 4.11.